The zero-order valence-corrected chi connectivity index (χ0v) is 9.30. The van der Waals surface area contributed by atoms with E-state index in [9.17, 15) is 45.2 Å². The monoisotopic (exact) mass is 326 g/mol. The summed E-state index contributed by atoms with van der Waals surface area (Å²) in [6, 6.07) is 0. The Morgan fingerprint density at radius 1 is 1.19 bits per heavy atom. The second-order valence-corrected chi connectivity index (χ2v) is 3.34. The molecule has 0 saturated carbocycles. The smallest absolute Gasteiger partial charge is 0.387 e. The number of hydrogen-bond acceptors (Lipinski definition) is 4. The molecule has 0 aromatic carbocycles. The average Bonchev–Trinajstić information content (AvgIpc) is 2.23. The first-order chi connectivity index (χ1) is 9.34. The van der Waals surface area contributed by atoms with E-state index in [4.69, 9.17) is 0 Å². The maximum atomic E-state index is 12.6. The van der Waals surface area contributed by atoms with Gasteiger partial charge in [0.25, 0.3) is 12.1 Å². The SMILES string of the molecule is O=[N+]([O-])c1cnc(OC(F)(F)F)c(C(F)(F)F)c1C(F)F. The molecule has 1 rings (SSSR count). The molecule has 0 aliphatic heterocycles. The van der Waals surface area contributed by atoms with Crippen molar-refractivity contribution in [2.45, 2.75) is 19.0 Å². The average molecular weight is 326 g/mol. The van der Waals surface area contributed by atoms with Crippen LogP contribution in [0.15, 0.2) is 6.20 Å². The van der Waals surface area contributed by atoms with Crippen molar-refractivity contribution in [3.63, 3.8) is 0 Å². The topological polar surface area (TPSA) is 65.3 Å². The van der Waals surface area contributed by atoms with Crippen LogP contribution in [-0.2, 0) is 6.18 Å². The summed E-state index contributed by atoms with van der Waals surface area (Å²) in [4.78, 5) is 11.2. The van der Waals surface area contributed by atoms with Crippen molar-refractivity contribution in [3.05, 3.63) is 27.4 Å². The van der Waals surface area contributed by atoms with Crippen LogP contribution in [0.5, 0.6) is 5.88 Å². The molecule has 1 heterocycles. The van der Waals surface area contributed by atoms with Crippen molar-refractivity contribution in [1.82, 2.24) is 4.98 Å². The van der Waals surface area contributed by atoms with Crippen LogP contribution in [0.4, 0.5) is 40.8 Å². The van der Waals surface area contributed by atoms with Crippen molar-refractivity contribution in [2.75, 3.05) is 0 Å². The molecule has 0 amide bonds. The summed E-state index contributed by atoms with van der Waals surface area (Å²) in [7, 11) is 0. The molecule has 0 unspecified atom stereocenters. The van der Waals surface area contributed by atoms with Crippen molar-refractivity contribution in [2.24, 2.45) is 0 Å². The van der Waals surface area contributed by atoms with Crippen LogP contribution in [0.1, 0.15) is 17.6 Å². The summed E-state index contributed by atoms with van der Waals surface area (Å²) in [5.41, 5.74) is -6.67. The lowest BCUT2D eigenvalue weighted by Crippen LogP contribution is -2.23. The fourth-order valence-corrected chi connectivity index (χ4v) is 1.32. The third-order valence-corrected chi connectivity index (χ3v) is 1.97. The molecule has 0 radical (unpaired) electrons. The van der Waals surface area contributed by atoms with E-state index in [1.54, 1.807) is 0 Å². The Morgan fingerprint density at radius 3 is 2.05 bits per heavy atom. The normalized spacial score (nSPS) is 12.6. The number of hydrogen-bond donors (Lipinski definition) is 0. The molecule has 0 spiro atoms. The molecule has 0 saturated heterocycles. The molecule has 0 fully saturated rings. The molecule has 1 aromatic heterocycles. The summed E-state index contributed by atoms with van der Waals surface area (Å²) in [6.45, 7) is 0. The van der Waals surface area contributed by atoms with Crippen LogP contribution >= 0.6 is 0 Å². The standard InChI is InChI=1S/C8H2F8N2O3/c9-5(10)3-2(18(19)20)1-17-6(21-8(14,15)16)4(3)7(11,12)13/h1,5H. The third-order valence-electron chi connectivity index (χ3n) is 1.97. The lowest BCUT2D eigenvalue weighted by Gasteiger charge is -2.17. The third kappa shape index (κ3) is 3.88. The zero-order valence-electron chi connectivity index (χ0n) is 9.30. The molecular formula is C8H2F8N2O3. The van der Waals surface area contributed by atoms with Gasteiger partial charge in [-0.3, -0.25) is 10.1 Å². The number of alkyl halides is 8. The van der Waals surface area contributed by atoms with Crippen molar-refractivity contribution >= 4 is 5.69 Å². The van der Waals surface area contributed by atoms with Gasteiger partial charge in [0.2, 0.25) is 5.88 Å². The van der Waals surface area contributed by atoms with E-state index in [1.165, 1.54) is 0 Å². The molecule has 13 heteroatoms. The molecule has 0 bridgehead atoms. The van der Waals surface area contributed by atoms with Crippen LogP contribution in [0.3, 0.4) is 0 Å². The summed E-state index contributed by atoms with van der Waals surface area (Å²) in [6.07, 6.45) is -15.7. The second-order valence-electron chi connectivity index (χ2n) is 3.34. The number of pyridine rings is 1. The molecule has 21 heavy (non-hydrogen) atoms. The first kappa shape index (κ1) is 16.8. The Hall–Kier alpha value is -2.21. The van der Waals surface area contributed by atoms with E-state index in [0.29, 0.717) is 0 Å². The Balaban J connectivity index is 3.69. The number of ether oxygens (including phenoxy) is 1. The highest BCUT2D eigenvalue weighted by Gasteiger charge is 2.47. The Morgan fingerprint density at radius 2 is 1.71 bits per heavy atom. The summed E-state index contributed by atoms with van der Waals surface area (Å²) in [5, 5.41) is 10.4. The van der Waals surface area contributed by atoms with Crippen molar-refractivity contribution < 1.29 is 44.8 Å². The van der Waals surface area contributed by atoms with Gasteiger partial charge in [-0.2, -0.15) is 13.2 Å². The highest BCUT2D eigenvalue weighted by atomic mass is 19.4. The van der Waals surface area contributed by atoms with Gasteiger partial charge in [0.05, 0.1) is 4.92 Å². The van der Waals surface area contributed by atoms with E-state index in [2.05, 4.69) is 9.72 Å². The van der Waals surface area contributed by atoms with Crippen LogP contribution < -0.4 is 4.74 Å². The maximum absolute atomic E-state index is 12.6. The van der Waals surface area contributed by atoms with Gasteiger partial charge in [-0.05, 0) is 0 Å². The van der Waals surface area contributed by atoms with Gasteiger partial charge in [-0.15, -0.1) is 13.2 Å². The molecule has 1 aromatic rings. The molecule has 0 aliphatic rings. The van der Waals surface area contributed by atoms with E-state index in [0.717, 1.165) is 0 Å². The summed E-state index contributed by atoms with van der Waals surface area (Å²) < 4.78 is 102. The number of rotatable bonds is 3. The fourth-order valence-electron chi connectivity index (χ4n) is 1.32. The quantitative estimate of drug-likeness (QED) is 0.481. The second kappa shape index (κ2) is 5.29. The fraction of sp³-hybridized carbons (Fsp3) is 0.375. The maximum Gasteiger partial charge on any atom is 0.574 e. The molecule has 5 nitrogen and oxygen atoms in total. The van der Waals surface area contributed by atoms with Gasteiger partial charge in [0.1, 0.15) is 17.3 Å². The number of nitro groups is 1. The van der Waals surface area contributed by atoms with Gasteiger partial charge < -0.3 is 4.74 Å². The predicted octanol–water partition coefficient (Wildman–Crippen LogP) is 3.84. The van der Waals surface area contributed by atoms with Gasteiger partial charge in [0.15, 0.2) is 0 Å². The van der Waals surface area contributed by atoms with Crippen LogP contribution in [-0.4, -0.2) is 16.3 Å². The highest BCUT2D eigenvalue weighted by Crippen LogP contribution is 2.45. The number of nitrogens with zero attached hydrogens (tertiary/aromatic N) is 2. The van der Waals surface area contributed by atoms with E-state index >= 15 is 0 Å². The minimum atomic E-state index is -5.77. The first-order valence-corrected chi connectivity index (χ1v) is 4.63. The Kier molecular flexibility index (Phi) is 4.24. The Bertz CT molecular complexity index is 554. The lowest BCUT2D eigenvalue weighted by atomic mass is 10.1. The van der Waals surface area contributed by atoms with Gasteiger partial charge in [-0.1, -0.05) is 0 Å². The summed E-state index contributed by atoms with van der Waals surface area (Å²) in [5.74, 6) is -2.24. The molecular weight excluding hydrogens is 324 g/mol. The van der Waals surface area contributed by atoms with Crippen molar-refractivity contribution in [3.8, 4) is 5.88 Å². The number of halogens is 8. The molecule has 118 valence electrons. The predicted molar refractivity (Wildman–Crippen MR) is 47.5 cm³/mol. The van der Waals surface area contributed by atoms with Crippen LogP contribution in [0.25, 0.3) is 0 Å². The molecule has 0 N–H and O–H groups in total. The van der Waals surface area contributed by atoms with Gasteiger partial charge in [-0.25, -0.2) is 13.8 Å². The largest absolute Gasteiger partial charge is 0.574 e. The van der Waals surface area contributed by atoms with Crippen LogP contribution in [0, 0.1) is 10.1 Å². The van der Waals surface area contributed by atoms with E-state index in [-0.39, 0.29) is 6.20 Å². The Labute approximate surface area is 109 Å². The van der Waals surface area contributed by atoms with Crippen molar-refractivity contribution in [1.29, 1.82) is 0 Å². The van der Waals surface area contributed by atoms with Gasteiger partial charge in [0, 0.05) is 0 Å². The zero-order chi connectivity index (χ0) is 16.6. The lowest BCUT2D eigenvalue weighted by molar-refractivity contribution is -0.387. The van der Waals surface area contributed by atoms with Gasteiger partial charge >= 0.3 is 12.5 Å². The molecule has 0 atom stereocenters. The van der Waals surface area contributed by atoms with Crippen LogP contribution in [0.2, 0.25) is 0 Å². The first-order valence-electron chi connectivity index (χ1n) is 4.63. The summed E-state index contributed by atoms with van der Waals surface area (Å²) >= 11 is 0. The number of aromatic nitrogens is 1. The minimum absolute atomic E-state index is 0.169. The highest BCUT2D eigenvalue weighted by molar-refractivity contribution is 5.50. The van der Waals surface area contributed by atoms with E-state index in [1.807, 2.05) is 0 Å². The van der Waals surface area contributed by atoms with E-state index < -0.39 is 46.6 Å². The molecule has 0 aliphatic carbocycles. The minimum Gasteiger partial charge on any atom is -0.387 e.